The lowest BCUT2D eigenvalue weighted by atomic mass is 9.99. The fraction of sp³-hybridized carbons (Fsp3) is 0.750. The van der Waals surface area contributed by atoms with Gasteiger partial charge in [0.25, 0.3) is 0 Å². The van der Waals surface area contributed by atoms with E-state index >= 15 is 0 Å². The van der Waals surface area contributed by atoms with E-state index in [0.717, 1.165) is 0 Å². The molecule has 3 amide bonds. The number of carbonyl (C=O) groups is 5. The minimum Gasteiger partial charge on any atom is -0.481 e. The summed E-state index contributed by atoms with van der Waals surface area (Å²) in [5.74, 6) is -3.79. The van der Waals surface area contributed by atoms with Crippen LogP contribution in [0.1, 0.15) is 39.5 Å². The van der Waals surface area contributed by atoms with Gasteiger partial charge in [0.05, 0.1) is 12.5 Å². The van der Waals surface area contributed by atoms with Gasteiger partial charge in [-0.25, -0.2) is 4.79 Å². The van der Waals surface area contributed by atoms with Crippen LogP contribution in [0.3, 0.4) is 0 Å². The normalized spacial score (nSPS) is 15.4. The van der Waals surface area contributed by atoms with E-state index in [0.29, 0.717) is 24.3 Å². The quantitative estimate of drug-likeness (QED) is 0.154. The number of rotatable bonds is 17. The Labute approximate surface area is 202 Å². The van der Waals surface area contributed by atoms with Crippen LogP contribution >= 0.6 is 23.5 Å². The third-order valence-corrected chi connectivity index (χ3v) is 6.33. The minimum atomic E-state index is -1.63. The van der Waals surface area contributed by atoms with Crippen LogP contribution in [0.15, 0.2) is 0 Å². The predicted octanol–water partition coefficient (Wildman–Crippen LogP) is -0.120. The van der Waals surface area contributed by atoms with E-state index in [1.54, 1.807) is 6.26 Å². The standard InChI is InChI=1S/C20H36N4O7S2/c1-5-11(2)16(21)19(29)23-13(7-9-33-4)17(27)22-12(6-8-32-3)18(28)24-14(20(30)31)10-15(25)26/h11-14,16H,5-10,21H2,1-4H3,(H,22,27)(H,23,29)(H,24,28)(H,25,26)(H,30,31). The summed E-state index contributed by atoms with van der Waals surface area (Å²) in [6.07, 6.45) is 4.04. The van der Waals surface area contributed by atoms with Gasteiger partial charge in [0.1, 0.15) is 18.1 Å². The number of nitrogens with two attached hydrogens (primary N) is 1. The molecule has 0 fully saturated rings. The molecule has 0 aliphatic carbocycles. The smallest absolute Gasteiger partial charge is 0.326 e. The zero-order chi connectivity index (χ0) is 25.6. The Kier molecular flexibility index (Phi) is 15.6. The van der Waals surface area contributed by atoms with Crippen molar-refractivity contribution in [3.63, 3.8) is 0 Å². The number of amides is 3. The minimum absolute atomic E-state index is 0.0865. The van der Waals surface area contributed by atoms with Crippen molar-refractivity contribution in [3.8, 4) is 0 Å². The second-order valence-electron chi connectivity index (χ2n) is 7.59. The maximum atomic E-state index is 12.9. The Balaban J connectivity index is 5.46. The molecular formula is C20H36N4O7S2. The lowest BCUT2D eigenvalue weighted by Crippen LogP contribution is -2.58. The fourth-order valence-corrected chi connectivity index (χ4v) is 3.65. The molecule has 0 aliphatic heterocycles. The summed E-state index contributed by atoms with van der Waals surface area (Å²) in [6.45, 7) is 3.74. The topological polar surface area (TPSA) is 188 Å². The van der Waals surface area contributed by atoms with E-state index in [4.69, 9.17) is 10.8 Å². The van der Waals surface area contributed by atoms with Crippen LogP contribution in [0.5, 0.6) is 0 Å². The molecule has 0 radical (unpaired) electrons. The van der Waals surface area contributed by atoms with Gasteiger partial charge < -0.3 is 31.9 Å². The summed E-state index contributed by atoms with van der Waals surface area (Å²) in [7, 11) is 0. The number of hydrogen-bond acceptors (Lipinski definition) is 8. The van der Waals surface area contributed by atoms with Crippen molar-refractivity contribution in [2.75, 3.05) is 24.0 Å². The highest BCUT2D eigenvalue weighted by molar-refractivity contribution is 7.98. The maximum Gasteiger partial charge on any atom is 0.326 e. The van der Waals surface area contributed by atoms with Gasteiger partial charge in [-0.3, -0.25) is 19.2 Å². The van der Waals surface area contributed by atoms with Crippen LogP contribution in [-0.2, 0) is 24.0 Å². The monoisotopic (exact) mass is 508 g/mol. The molecule has 0 bridgehead atoms. The maximum absolute atomic E-state index is 12.9. The van der Waals surface area contributed by atoms with Crippen LogP contribution in [0.25, 0.3) is 0 Å². The summed E-state index contributed by atoms with van der Waals surface area (Å²) in [6, 6.07) is -4.46. The van der Waals surface area contributed by atoms with Crippen LogP contribution in [-0.4, -0.2) is 88.1 Å². The summed E-state index contributed by atoms with van der Waals surface area (Å²) < 4.78 is 0. The van der Waals surface area contributed by atoms with E-state index in [1.807, 2.05) is 20.1 Å². The van der Waals surface area contributed by atoms with Crippen LogP contribution in [0.4, 0.5) is 0 Å². The van der Waals surface area contributed by atoms with Crippen molar-refractivity contribution in [1.29, 1.82) is 0 Å². The average molecular weight is 509 g/mol. The Bertz CT molecular complexity index is 681. The van der Waals surface area contributed by atoms with Gasteiger partial charge in [0.15, 0.2) is 0 Å². The fourth-order valence-electron chi connectivity index (χ4n) is 2.71. The Hall–Kier alpha value is -1.99. The lowest BCUT2D eigenvalue weighted by Gasteiger charge is -2.26. The molecule has 33 heavy (non-hydrogen) atoms. The molecule has 0 heterocycles. The number of thioether (sulfide) groups is 2. The van der Waals surface area contributed by atoms with Gasteiger partial charge >= 0.3 is 11.9 Å². The van der Waals surface area contributed by atoms with E-state index in [1.165, 1.54) is 23.5 Å². The largest absolute Gasteiger partial charge is 0.481 e. The number of hydrogen-bond donors (Lipinski definition) is 6. The lowest BCUT2D eigenvalue weighted by molar-refractivity contribution is -0.147. The van der Waals surface area contributed by atoms with Crippen molar-refractivity contribution in [2.45, 2.75) is 63.7 Å². The summed E-state index contributed by atoms with van der Waals surface area (Å²) in [5.41, 5.74) is 5.97. The van der Waals surface area contributed by atoms with Crippen molar-refractivity contribution in [1.82, 2.24) is 16.0 Å². The molecule has 11 nitrogen and oxygen atoms in total. The van der Waals surface area contributed by atoms with Crippen molar-refractivity contribution in [2.24, 2.45) is 11.7 Å². The second-order valence-corrected chi connectivity index (χ2v) is 9.57. The molecule has 0 rings (SSSR count). The SMILES string of the molecule is CCC(C)C(N)C(=O)NC(CCSC)C(=O)NC(CCSC)C(=O)NC(CC(=O)O)C(=O)O. The zero-order valence-electron chi connectivity index (χ0n) is 19.5. The average Bonchev–Trinajstić information content (AvgIpc) is 2.76. The highest BCUT2D eigenvalue weighted by Gasteiger charge is 2.31. The van der Waals surface area contributed by atoms with Crippen molar-refractivity contribution >= 4 is 53.2 Å². The van der Waals surface area contributed by atoms with Gasteiger partial charge in [-0.05, 0) is 42.8 Å². The molecule has 0 aromatic heterocycles. The van der Waals surface area contributed by atoms with Gasteiger partial charge in [-0.15, -0.1) is 0 Å². The van der Waals surface area contributed by atoms with Gasteiger partial charge in [0.2, 0.25) is 17.7 Å². The van der Waals surface area contributed by atoms with Crippen LogP contribution < -0.4 is 21.7 Å². The molecule has 5 atom stereocenters. The van der Waals surface area contributed by atoms with Crippen molar-refractivity contribution in [3.05, 3.63) is 0 Å². The number of carboxylic acids is 2. The predicted molar refractivity (Wildman–Crippen MR) is 129 cm³/mol. The molecule has 0 aliphatic rings. The van der Waals surface area contributed by atoms with Crippen molar-refractivity contribution < 1.29 is 34.2 Å². The highest BCUT2D eigenvalue weighted by Crippen LogP contribution is 2.09. The molecule has 0 saturated heterocycles. The first kappa shape index (κ1) is 31.0. The Morgan fingerprint density at radius 1 is 0.818 bits per heavy atom. The van der Waals surface area contributed by atoms with Crippen LogP contribution in [0.2, 0.25) is 0 Å². The molecule has 7 N–H and O–H groups in total. The van der Waals surface area contributed by atoms with Crippen LogP contribution in [0, 0.1) is 5.92 Å². The van der Waals surface area contributed by atoms with Gasteiger partial charge in [0, 0.05) is 0 Å². The Morgan fingerprint density at radius 3 is 1.61 bits per heavy atom. The molecule has 13 heteroatoms. The molecule has 5 unspecified atom stereocenters. The first-order chi connectivity index (χ1) is 15.5. The summed E-state index contributed by atoms with van der Waals surface area (Å²) in [5, 5.41) is 25.5. The number of carboxylic acid groups (broad SMARTS) is 2. The molecule has 0 aromatic rings. The summed E-state index contributed by atoms with van der Waals surface area (Å²) >= 11 is 2.91. The van der Waals surface area contributed by atoms with E-state index in [-0.39, 0.29) is 12.3 Å². The van der Waals surface area contributed by atoms with Gasteiger partial charge in [-0.1, -0.05) is 20.3 Å². The van der Waals surface area contributed by atoms with E-state index in [2.05, 4.69) is 16.0 Å². The molecule has 0 spiro atoms. The highest BCUT2D eigenvalue weighted by atomic mass is 32.2. The third kappa shape index (κ3) is 12.2. The van der Waals surface area contributed by atoms with E-state index in [9.17, 15) is 29.1 Å². The third-order valence-electron chi connectivity index (χ3n) is 5.04. The number of nitrogens with one attached hydrogen (secondary N) is 3. The second kappa shape index (κ2) is 16.6. The first-order valence-electron chi connectivity index (χ1n) is 10.6. The molecular weight excluding hydrogens is 472 g/mol. The molecule has 0 aromatic carbocycles. The number of aliphatic carboxylic acids is 2. The van der Waals surface area contributed by atoms with E-state index < -0.39 is 60.2 Å². The molecule has 0 saturated carbocycles. The Morgan fingerprint density at radius 2 is 1.24 bits per heavy atom. The zero-order valence-corrected chi connectivity index (χ0v) is 21.1. The number of carbonyl (C=O) groups excluding carboxylic acids is 3. The first-order valence-corrected chi connectivity index (χ1v) is 13.4. The van der Waals surface area contributed by atoms with Gasteiger partial charge in [-0.2, -0.15) is 23.5 Å². The summed E-state index contributed by atoms with van der Waals surface area (Å²) in [4.78, 5) is 60.3. The molecule has 190 valence electrons.